The van der Waals surface area contributed by atoms with Crippen molar-refractivity contribution in [3.05, 3.63) is 90.1 Å². The normalized spacial score (nSPS) is 14.2. The summed E-state index contributed by atoms with van der Waals surface area (Å²) in [5.41, 5.74) is 3.38. The van der Waals surface area contributed by atoms with Crippen molar-refractivity contribution in [2.75, 3.05) is 11.4 Å². The van der Waals surface area contributed by atoms with E-state index >= 15 is 0 Å². The van der Waals surface area contributed by atoms with Gasteiger partial charge in [0, 0.05) is 12.2 Å². The zero-order chi connectivity index (χ0) is 22.3. The van der Waals surface area contributed by atoms with Gasteiger partial charge in [0.25, 0.3) is 0 Å². The summed E-state index contributed by atoms with van der Waals surface area (Å²) in [6, 6.07) is 23.4. The van der Waals surface area contributed by atoms with Crippen molar-refractivity contribution in [1.29, 1.82) is 0 Å². The van der Waals surface area contributed by atoms with Gasteiger partial charge in [-0.2, -0.15) is 0 Å². The van der Waals surface area contributed by atoms with E-state index in [0.29, 0.717) is 17.2 Å². The number of hydrogen-bond acceptors (Lipinski definition) is 4. The van der Waals surface area contributed by atoms with Gasteiger partial charge in [-0.3, -0.25) is 14.5 Å². The number of fused-ring (bicyclic) bond motifs is 1. The molecule has 1 aliphatic rings. The molecule has 1 aliphatic heterocycles. The molecule has 2 heterocycles. The molecular weight excluding hydrogens is 400 g/mol. The molecule has 0 bridgehead atoms. The first kappa shape index (κ1) is 21.4. The lowest BCUT2D eigenvalue weighted by Crippen LogP contribution is -2.44. The average Bonchev–Trinajstić information content (AvgIpc) is 2.95. The predicted molar refractivity (Wildman–Crippen MR) is 126 cm³/mol. The molecule has 3 aromatic rings. The van der Waals surface area contributed by atoms with E-state index in [1.807, 2.05) is 61.5 Å². The minimum Gasteiger partial charge on any atom is -0.352 e. The van der Waals surface area contributed by atoms with Gasteiger partial charge in [0.05, 0.1) is 12.1 Å². The number of rotatable bonds is 7. The third kappa shape index (κ3) is 5.27. The van der Waals surface area contributed by atoms with Crippen LogP contribution < -0.4 is 10.2 Å². The van der Waals surface area contributed by atoms with E-state index in [1.54, 1.807) is 12.3 Å². The molecule has 4 rings (SSSR count). The van der Waals surface area contributed by atoms with E-state index in [2.05, 4.69) is 22.4 Å². The minimum absolute atomic E-state index is 0.0101. The Hall–Kier alpha value is -3.80. The van der Waals surface area contributed by atoms with Crippen LogP contribution >= 0.6 is 0 Å². The summed E-state index contributed by atoms with van der Waals surface area (Å²) in [5.74, 6) is 0.00587. The summed E-state index contributed by atoms with van der Waals surface area (Å²) in [4.78, 5) is 36.4. The Morgan fingerprint density at radius 3 is 2.50 bits per heavy atom. The predicted octanol–water partition coefficient (Wildman–Crippen LogP) is 4.08. The number of hydrogen-bond donors (Lipinski definition) is 1. The Bertz CT molecular complexity index is 1110. The van der Waals surface area contributed by atoms with Crippen LogP contribution in [-0.4, -0.2) is 35.1 Å². The van der Waals surface area contributed by atoms with Crippen LogP contribution in [0.25, 0.3) is 0 Å². The van der Waals surface area contributed by atoms with Gasteiger partial charge in [0.2, 0.25) is 11.8 Å². The van der Waals surface area contributed by atoms with Crippen LogP contribution in [0.5, 0.6) is 0 Å². The zero-order valence-electron chi connectivity index (χ0n) is 18.1. The van der Waals surface area contributed by atoms with Crippen molar-refractivity contribution in [3.63, 3.8) is 0 Å². The number of nitrogens with one attached hydrogen (secondary N) is 1. The Kier molecular flexibility index (Phi) is 6.70. The highest BCUT2D eigenvalue weighted by Gasteiger charge is 2.28. The highest BCUT2D eigenvalue weighted by molar-refractivity contribution is 6.18. The zero-order valence-corrected chi connectivity index (χ0v) is 18.1. The van der Waals surface area contributed by atoms with Gasteiger partial charge in [-0.05, 0) is 43.0 Å². The first-order valence-electron chi connectivity index (χ1n) is 10.8. The fourth-order valence-electron chi connectivity index (χ4n) is 3.75. The molecule has 1 unspecified atom stereocenters. The fourth-order valence-corrected chi connectivity index (χ4v) is 3.75. The SMILES string of the molecule is CC(CCc1ccccc1)NC(=O)CN1C(=O)CC(c2ccccc2)=Nc2cccnc21. The van der Waals surface area contributed by atoms with Gasteiger partial charge in [-0.1, -0.05) is 60.7 Å². The Morgan fingerprint density at radius 2 is 1.75 bits per heavy atom. The lowest BCUT2D eigenvalue weighted by atomic mass is 10.1. The maximum atomic E-state index is 13.1. The van der Waals surface area contributed by atoms with E-state index in [9.17, 15) is 9.59 Å². The van der Waals surface area contributed by atoms with Gasteiger partial charge in [0.15, 0.2) is 5.82 Å². The van der Waals surface area contributed by atoms with Crippen LogP contribution in [0.4, 0.5) is 11.5 Å². The number of pyridine rings is 1. The Labute approximate surface area is 188 Å². The van der Waals surface area contributed by atoms with Gasteiger partial charge in [0.1, 0.15) is 12.2 Å². The highest BCUT2D eigenvalue weighted by Crippen LogP contribution is 2.30. The first-order chi connectivity index (χ1) is 15.6. The van der Waals surface area contributed by atoms with Gasteiger partial charge < -0.3 is 5.32 Å². The van der Waals surface area contributed by atoms with Gasteiger partial charge in [-0.15, -0.1) is 0 Å². The van der Waals surface area contributed by atoms with Gasteiger partial charge >= 0.3 is 0 Å². The van der Waals surface area contributed by atoms with Crippen LogP contribution in [0.3, 0.4) is 0 Å². The maximum absolute atomic E-state index is 13.1. The summed E-state index contributed by atoms with van der Waals surface area (Å²) in [5, 5.41) is 3.01. The van der Waals surface area contributed by atoms with Crippen molar-refractivity contribution in [3.8, 4) is 0 Å². The molecule has 162 valence electrons. The topological polar surface area (TPSA) is 74.7 Å². The minimum atomic E-state index is -0.210. The van der Waals surface area contributed by atoms with E-state index in [1.165, 1.54) is 10.5 Å². The standard InChI is InChI=1S/C26H26N4O2/c1-19(14-15-20-9-4-2-5-10-20)28-24(31)18-30-25(32)17-23(21-11-6-3-7-12-21)29-22-13-8-16-27-26(22)30/h2-13,16,19H,14-15,17-18H2,1H3,(H,28,31). The molecule has 6 heteroatoms. The molecule has 0 fully saturated rings. The molecule has 1 aromatic heterocycles. The lowest BCUT2D eigenvalue weighted by molar-refractivity contribution is -0.123. The summed E-state index contributed by atoms with van der Waals surface area (Å²) in [7, 11) is 0. The number of aliphatic imine (C=N–C) groups is 1. The first-order valence-corrected chi connectivity index (χ1v) is 10.8. The number of nitrogens with zero attached hydrogens (tertiary/aromatic N) is 3. The third-order valence-corrected chi connectivity index (χ3v) is 5.42. The van der Waals surface area contributed by atoms with Crippen LogP contribution in [0.1, 0.15) is 30.9 Å². The largest absolute Gasteiger partial charge is 0.352 e. The quantitative estimate of drug-likeness (QED) is 0.619. The molecule has 0 radical (unpaired) electrons. The smallest absolute Gasteiger partial charge is 0.240 e. The molecule has 32 heavy (non-hydrogen) atoms. The third-order valence-electron chi connectivity index (χ3n) is 5.42. The maximum Gasteiger partial charge on any atom is 0.240 e. The number of aryl methyl sites for hydroxylation is 1. The van der Waals surface area contributed by atoms with Gasteiger partial charge in [-0.25, -0.2) is 9.98 Å². The molecule has 0 saturated heterocycles. The van der Waals surface area contributed by atoms with Crippen LogP contribution in [0.2, 0.25) is 0 Å². The number of benzene rings is 2. The van der Waals surface area contributed by atoms with Crippen molar-refractivity contribution >= 4 is 29.0 Å². The molecule has 2 amide bonds. The molecule has 1 atom stereocenters. The Balaban J connectivity index is 1.45. The highest BCUT2D eigenvalue weighted by atomic mass is 16.2. The molecule has 6 nitrogen and oxygen atoms in total. The molecule has 1 N–H and O–H groups in total. The summed E-state index contributed by atoms with van der Waals surface area (Å²) >= 11 is 0. The second-order valence-electron chi connectivity index (χ2n) is 7.92. The van der Waals surface area contributed by atoms with Crippen LogP contribution in [0.15, 0.2) is 84.0 Å². The Morgan fingerprint density at radius 1 is 1.03 bits per heavy atom. The van der Waals surface area contributed by atoms with Crippen LogP contribution in [-0.2, 0) is 16.0 Å². The van der Waals surface area contributed by atoms with Crippen molar-refractivity contribution in [2.24, 2.45) is 4.99 Å². The summed E-state index contributed by atoms with van der Waals surface area (Å²) in [6.07, 6.45) is 3.42. The van der Waals surface area contributed by atoms with E-state index in [4.69, 9.17) is 4.99 Å². The molecule has 0 spiro atoms. The molecule has 0 saturated carbocycles. The monoisotopic (exact) mass is 426 g/mol. The van der Waals surface area contributed by atoms with Crippen molar-refractivity contribution < 1.29 is 9.59 Å². The second-order valence-corrected chi connectivity index (χ2v) is 7.92. The van der Waals surface area contributed by atoms with Crippen molar-refractivity contribution in [2.45, 2.75) is 32.2 Å². The number of anilines is 1. The second kappa shape index (κ2) is 10.0. The summed E-state index contributed by atoms with van der Waals surface area (Å²) < 4.78 is 0. The van der Waals surface area contributed by atoms with E-state index in [-0.39, 0.29) is 30.8 Å². The fraction of sp³-hybridized carbons (Fsp3) is 0.231. The number of carbonyl (C=O) groups excluding carboxylic acids is 2. The number of aromatic nitrogens is 1. The average molecular weight is 427 g/mol. The van der Waals surface area contributed by atoms with Crippen LogP contribution in [0, 0.1) is 0 Å². The summed E-state index contributed by atoms with van der Waals surface area (Å²) in [6.45, 7) is 1.89. The number of carbonyl (C=O) groups is 2. The molecule has 2 aromatic carbocycles. The number of amides is 2. The van der Waals surface area contributed by atoms with E-state index < -0.39 is 0 Å². The molecule has 0 aliphatic carbocycles. The van der Waals surface area contributed by atoms with Crippen molar-refractivity contribution in [1.82, 2.24) is 10.3 Å². The molecular formula is C26H26N4O2. The van der Waals surface area contributed by atoms with E-state index in [0.717, 1.165) is 18.4 Å². The lowest BCUT2D eigenvalue weighted by Gasteiger charge is -2.22.